The van der Waals surface area contributed by atoms with Crippen LogP contribution in [-0.4, -0.2) is 13.6 Å². The molecule has 0 radical (unpaired) electrons. The van der Waals surface area contributed by atoms with Gasteiger partial charge in [-0.25, -0.2) is 0 Å². The molecule has 0 N–H and O–H groups in total. The molecule has 0 saturated carbocycles. The summed E-state index contributed by atoms with van der Waals surface area (Å²) < 4.78 is 0. The van der Waals surface area contributed by atoms with Gasteiger partial charge < -0.3 is 4.90 Å². The molecule has 0 saturated heterocycles. The Morgan fingerprint density at radius 3 is 2.62 bits per heavy atom. The van der Waals surface area contributed by atoms with Crippen LogP contribution in [0, 0.1) is 0 Å². The number of nitrogens with zero attached hydrogens (tertiary/aromatic N) is 1. The molecule has 72 valence electrons. The Morgan fingerprint density at radius 1 is 1.46 bits per heavy atom. The highest BCUT2D eigenvalue weighted by molar-refractivity contribution is 9.08. The Labute approximate surface area is 92.8 Å². The molecule has 1 aromatic carbocycles. The van der Waals surface area contributed by atoms with Gasteiger partial charge in [-0.1, -0.05) is 33.6 Å². The van der Waals surface area contributed by atoms with Gasteiger partial charge in [0.1, 0.15) is 0 Å². The van der Waals surface area contributed by atoms with E-state index in [-0.39, 0.29) is 0 Å². The quantitative estimate of drug-likeness (QED) is 0.751. The molecule has 0 atom stereocenters. The van der Waals surface area contributed by atoms with E-state index < -0.39 is 0 Å². The molecule has 0 aliphatic carbocycles. The van der Waals surface area contributed by atoms with Gasteiger partial charge in [-0.05, 0) is 24.6 Å². The van der Waals surface area contributed by atoms with Gasteiger partial charge in [-0.3, -0.25) is 0 Å². The van der Waals surface area contributed by atoms with E-state index in [0.29, 0.717) is 0 Å². The Hall–Kier alpha value is -0.210. The van der Waals surface area contributed by atoms with Crippen molar-refractivity contribution >= 4 is 33.2 Å². The maximum absolute atomic E-state index is 6.12. The van der Waals surface area contributed by atoms with E-state index in [2.05, 4.69) is 39.9 Å². The van der Waals surface area contributed by atoms with Crippen molar-refractivity contribution in [2.45, 2.75) is 12.3 Å². The predicted molar refractivity (Wildman–Crippen MR) is 63.0 cm³/mol. The SMILES string of the molecule is CCN(C)c1ccc(CBr)cc1Cl. The molecule has 13 heavy (non-hydrogen) atoms. The zero-order valence-corrected chi connectivity index (χ0v) is 10.2. The lowest BCUT2D eigenvalue weighted by atomic mass is 10.2. The summed E-state index contributed by atoms with van der Waals surface area (Å²) in [4.78, 5) is 2.13. The van der Waals surface area contributed by atoms with Crippen molar-refractivity contribution in [3.63, 3.8) is 0 Å². The molecule has 1 nitrogen and oxygen atoms in total. The second kappa shape index (κ2) is 4.87. The molecule has 0 aliphatic heterocycles. The number of hydrogen-bond acceptors (Lipinski definition) is 1. The molecule has 0 fully saturated rings. The highest BCUT2D eigenvalue weighted by Crippen LogP contribution is 2.26. The van der Waals surface area contributed by atoms with E-state index in [4.69, 9.17) is 11.6 Å². The fourth-order valence-electron chi connectivity index (χ4n) is 1.11. The van der Waals surface area contributed by atoms with Gasteiger partial charge in [0.05, 0.1) is 10.7 Å². The summed E-state index contributed by atoms with van der Waals surface area (Å²) in [6.07, 6.45) is 0. The fourth-order valence-corrected chi connectivity index (χ4v) is 1.81. The summed E-state index contributed by atoms with van der Waals surface area (Å²) in [7, 11) is 2.04. The molecule has 1 aromatic rings. The molecule has 0 amide bonds. The van der Waals surface area contributed by atoms with Crippen LogP contribution in [0.25, 0.3) is 0 Å². The minimum absolute atomic E-state index is 0.821. The smallest absolute Gasteiger partial charge is 0.0642 e. The van der Waals surface area contributed by atoms with Crippen LogP contribution in [-0.2, 0) is 5.33 Å². The van der Waals surface area contributed by atoms with E-state index in [1.54, 1.807) is 0 Å². The lowest BCUT2D eigenvalue weighted by Crippen LogP contribution is -2.16. The molecule has 3 heteroatoms. The Morgan fingerprint density at radius 2 is 2.15 bits per heavy atom. The highest BCUT2D eigenvalue weighted by atomic mass is 79.9. The fraction of sp³-hybridized carbons (Fsp3) is 0.400. The van der Waals surface area contributed by atoms with Crippen LogP contribution in [0.4, 0.5) is 5.69 Å². The second-order valence-corrected chi connectivity index (χ2v) is 3.90. The zero-order chi connectivity index (χ0) is 9.84. The number of hydrogen-bond donors (Lipinski definition) is 0. The van der Waals surface area contributed by atoms with Gasteiger partial charge in [0.25, 0.3) is 0 Å². The summed E-state index contributed by atoms with van der Waals surface area (Å²) in [6, 6.07) is 6.14. The maximum atomic E-state index is 6.12. The first-order chi connectivity index (χ1) is 6.19. The van der Waals surface area contributed by atoms with E-state index >= 15 is 0 Å². The number of benzene rings is 1. The van der Waals surface area contributed by atoms with Crippen molar-refractivity contribution in [1.82, 2.24) is 0 Å². The third kappa shape index (κ3) is 2.61. The molecule has 0 heterocycles. The Balaban J connectivity index is 2.98. The zero-order valence-electron chi connectivity index (χ0n) is 7.85. The van der Waals surface area contributed by atoms with Crippen molar-refractivity contribution in [1.29, 1.82) is 0 Å². The first-order valence-electron chi connectivity index (χ1n) is 4.24. The summed E-state index contributed by atoms with van der Waals surface area (Å²) in [6.45, 7) is 3.07. The van der Waals surface area contributed by atoms with E-state index in [1.807, 2.05) is 13.1 Å². The van der Waals surface area contributed by atoms with Crippen LogP contribution in [0.15, 0.2) is 18.2 Å². The van der Waals surface area contributed by atoms with Crippen molar-refractivity contribution in [3.8, 4) is 0 Å². The van der Waals surface area contributed by atoms with Gasteiger partial charge in [0.2, 0.25) is 0 Å². The van der Waals surface area contributed by atoms with Gasteiger partial charge in [-0.2, -0.15) is 0 Å². The lowest BCUT2D eigenvalue weighted by Gasteiger charge is -2.18. The Bertz CT molecular complexity index is 288. The molecule has 0 unspecified atom stereocenters. The molecular formula is C10H13BrClN. The lowest BCUT2D eigenvalue weighted by molar-refractivity contribution is 0.968. The average molecular weight is 263 g/mol. The Kier molecular flexibility index (Phi) is 4.07. The number of alkyl halides is 1. The summed E-state index contributed by atoms with van der Waals surface area (Å²) in [5.74, 6) is 0. The minimum atomic E-state index is 0.821. The van der Waals surface area contributed by atoms with Crippen LogP contribution in [0.2, 0.25) is 5.02 Å². The minimum Gasteiger partial charge on any atom is -0.374 e. The molecule has 0 bridgehead atoms. The van der Waals surface area contributed by atoms with Gasteiger partial charge >= 0.3 is 0 Å². The molecular weight excluding hydrogens is 249 g/mol. The topological polar surface area (TPSA) is 3.24 Å². The van der Waals surface area contributed by atoms with Crippen LogP contribution in [0.3, 0.4) is 0 Å². The molecule has 0 aromatic heterocycles. The van der Waals surface area contributed by atoms with Crippen molar-refractivity contribution in [2.24, 2.45) is 0 Å². The van der Waals surface area contributed by atoms with Crippen LogP contribution >= 0.6 is 27.5 Å². The molecule has 1 rings (SSSR count). The van der Waals surface area contributed by atoms with Crippen molar-refractivity contribution in [2.75, 3.05) is 18.5 Å². The molecule has 0 spiro atoms. The standard InChI is InChI=1S/C10H13BrClN/c1-3-13(2)10-5-4-8(7-11)6-9(10)12/h4-6H,3,7H2,1-2H3. The van der Waals surface area contributed by atoms with Crippen LogP contribution in [0.5, 0.6) is 0 Å². The van der Waals surface area contributed by atoms with Gasteiger partial charge in [0.15, 0.2) is 0 Å². The van der Waals surface area contributed by atoms with Crippen LogP contribution < -0.4 is 4.90 Å². The largest absolute Gasteiger partial charge is 0.374 e. The highest BCUT2D eigenvalue weighted by Gasteiger charge is 2.04. The summed E-state index contributed by atoms with van der Waals surface area (Å²) in [5.41, 5.74) is 2.30. The normalized spacial score (nSPS) is 10.2. The second-order valence-electron chi connectivity index (χ2n) is 2.93. The van der Waals surface area contributed by atoms with E-state index in [1.165, 1.54) is 5.56 Å². The first-order valence-corrected chi connectivity index (χ1v) is 5.74. The predicted octanol–water partition coefficient (Wildman–Crippen LogP) is 3.69. The third-order valence-corrected chi connectivity index (χ3v) is 3.00. The monoisotopic (exact) mass is 261 g/mol. The van der Waals surface area contributed by atoms with E-state index in [0.717, 1.165) is 22.6 Å². The van der Waals surface area contributed by atoms with Crippen molar-refractivity contribution < 1.29 is 0 Å². The van der Waals surface area contributed by atoms with Crippen molar-refractivity contribution in [3.05, 3.63) is 28.8 Å². The van der Waals surface area contributed by atoms with Gasteiger partial charge in [-0.15, -0.1) is 0 Å². The van der Waals surface area contributed by atoms with Crippen LogP contribution in [0.1, 0.15) is 12.5 Å². The number of anilines is 1. The number of rotatable bonds is 3. The number of halogens is 2. The maximum Gasteiger partial charge on any atom is 0.0642 e. The van der Waals surface area contributed by atoms with Gasteiger partial charge in [0, 0.05) is 18.9 Å². The summed E-state index contributed by atoms with van der Waals surface area (Å²) >= 11 is 9.52. The summed E-state index contributed by atoms with van der Waals surface area (Å²) in [5, 5.41) is 1.67. The first kappa shape index (κ1) is 10.9. The average Bonchev–Trinajstić information content (AvgIpc) is 2.16. The molecule has 0 aliphatic rings. The third-order valence-electron chi connectivity index (χ3n) is 2.05. The van der Waals surface area contributed by atoms with E-state index in [9.17, 15) is 0 Å².